The highest BCUT2D eigenvalue weighted by Crippen LogP contribution is 2.81. The normalized spacial score (nSPS) is 55.3. The van der Waals surface area contributed by atoms with Crippen molar-refractivity contribution in [2.24, 2.45) is 63.6 Å². The maximum absolute atomic E-state index is 11.3. The standard InChI is InChI=1S/C28H46O/c1-17(2)18(3)7-8-19(4)22-9-10-23-21-15-25(29)28-16-20(28)11-14-27(28,6)24(21)12-13-26(22,23)5/h7-8,17-25,29H,9-16H2,1-6H3/b8-7+/t18-,19+,20+,21-,22+,23+,24-,25-,26+,27+,28-/m0/s1. The van der Waals surface area contributed by atoms with Gasteiger partial charge in [0.2, 0.25) is 0 Å². The lowest BCUT2D eigenvalue weighted by molar-refractivity contribution is -0.151. The molecule has 1 N–H and O–H groups in total. The molecule has 5 rings (SSSR count). The first-order chi connectivity index (χ1) is 13.6. The molecule has 5 fully saturated rings. The Morgan fingerprint density at radius 1 is 0.897 bits per heavy atom. The van der Waals surface area contributed by atoms with E-state index in [-0.39, 0.29) is 6.10 Å². The second-order valence-electron chi connectivity index (χ2n) is 13.1. The van der Waals surface area contributed by atoms with Crippen molar-refractivity contribution in [2.75, 3.05) is 0 Å². The number of hydrogen-bond donors (Lipinski definition) is 1. The summed E-state index contributed by atoms with van der Waals surface area (Å²) in [4.78, 5) is 0. The van der Waals surface area contributed by atoms with Crippen LogP contribution in [-0.2, 0) is 0 Å². The summed E-state index contributed by atoms with van der Waals surface area (Å²) in [6.45, 7) is 14.8. The zero-order chi connectivity index (χ0) is 20.8. The Morgan fingerprint density at radius 2 is 1.66 bits per heavy atom. The molecule has 11 atom stereocenters. The molecule has 0 aromatic rings. The Morgan fingerprint density at radius 3 is 2.34 bits per heavy atom. The summed E-state index contributed by atoms with van der Waals surface area (Å²) in [6, 6.07) is 0. The lowest BCUT2D eigenvalue weighted by Gasteiger charge is -2.60. The topological polar surface area (TPSA) is 20.2 Å². The molecule has 5 saturated carbocycles. The van der Waals surface area contributed by atoms with Gasteiger partial charge in [0.05, 0.1) is 6.10 Å². The summed E-state index contributed by atoms with van der Waals surface area (Å²) >= 11 is 0. The summed E-state index contributed by atoms with van der Waals surface area (Å²) in [5.74, 6) is 6.33. The molecule has 164 valence electrons. The van der Waals surface area contributed by atoms with Crippen molar-refractivity contribution >= 4 is 0 Å². The second-order valence-corrected chi connectivity index (χ2v) is 13.1. The van der Waals surface area contributed by atoms with Crippen LogP contribution in [-0.4, -0.2) is 11.2 Å². The molecule has 0 aromatic heterocycles. The van der Waals surface area contributed by atoms with Crippen molar-refractivity contribution in [3.63, 3.8) is 0 Å². The van der Waals surface area contributed by atoms with E-state index in [1.807, 2.05) is 0 Å². The van der Waals surface area contributed by atoms with Gasteiger partial charge in [-0.3, -0.25) is 0 Å². The van der Waals surface area contributed by atoms with Crippen molar-refractivity contribution in [3.05, 3.63) is 12.2 Å². The van der Waals surface area contributed by atoms with Crippen LogP contribution in [0.1, 0.15) is 92.9 Å². The summed E-state index contributed by atoms with van der Waals surface area (Å²) in [7, 11) is 0. The molecule has 5 aliphatic carbocycles. The van der Waals surface area contributed by atoms with E-state index in [0.29, 0.717) is 28.1 Å². The fourth-order valence-corrected chi connectivity index (χ4v) is 9.92. The SMILES string of the molecule is CC(C)[C@@H](C)/C=C/[C@@H](C)[C@H]1CC[C@@H]2[C@@H]3C[C@H](O)[C@]45C[C@H]4CC[C@]5(C)[C@H]3CC[C@@]21C. The van der Waals surface area contributed by atoms with E-state index < -0.39 is 0 Å². The van der Waals surface area contributed by atoms with E-state index in [1.54, 1.807) is 0 Å². The fraction of sp³-hybridized carbons (Fsp3) is 0.929. The minimum absolute atomic E-state index is 0.00754. The Kier molecular flexibility index (Phi) is 4.69. The molecule has 1 heteroatoms. The van der Waals surface area contributed by atoms with Gasteiger partial charge in [0.15, 0.2) is 0 Å². The number of allylic oxidation sites excluding steroid dienone is 2. The van der Waals surface area contributed by atoms with Crippen molar-refractivity contribution in [1.82, 2.24) is 0 Å². The van der Waals surface area contributed by atoms with Crippen LogP contribution in [0.25, 0.3) is 0 Å². The van der Waals surface area contributed by atoms with Gasteiger partial charge in [-0.1, -0.05) is 53.7 Å². The molecule has 0 aliphatic heterocycles. The minimum atomic E-state index is -0.00754. The summed E-state index contributed by atoms with van der Waals surface area (Å²) < 4.78 is 0. The number of aliphatic hydroxyl groups is 1. The zero-order valence-corrected chi connectivity index (χ0v) is 20.0. The molecule has 0 unspecified atom stereocenters. The third-order valence-corrected chi connectivity index (χ3v) is 12.1. The average Bonchev–Trinajstić information content (AvgIpc) is 3.20. The van der Waals surface area contributed by atoms with Crippen LogP contribution >= 0.6 is 0 Å². The first-order valence-electron chi connectivity index (χ1n) is 13.0. The molecule has 29 heavy (non-hydrogen) atoms. The smallest absolute Gasteiger partial charge is 0.0607 e. The molecule has 0 heterocycles. The van der Waals surface area contributed by atoms with Gasteiger partial charge in [0.25, 0.3) is 0 Å². The number of fused-ring (bicyclic) bond motifs is 4. The maximum atomic E-state index is 11.3. The van der Waals surface area contributed by atoms with Crippen molar-refractivity contribution < 1.29 is 5.11 Å². The molecule has 0 radical (unpaired) electrons. The van der Waals surface area contributed by atoms with Gasteiger partial charge in [-0.2, -0.15) is 0 Å². The third kappa shape index (κ3) is 2.61. The molecule has 0 amide bonds. The van der Waals surface area contributed by atoms with Crippen molar-refractivity contribution in [3.8, 4) is 0 Å². The van der Waals surface area contributed by atoms with E-state index in [0.717, 1.165) is 41.9 Å². The van der Waals surface area contributed by atoms with E-state index in [9.17, 15) is 5.11 Å². The van der Waals surface area contributed by atoms with Gasteiger partial charge in [-0.05, 0) is 110 Å². The molecule has 1 nitrogen and oxygen atoms in total. The highest BCUT2D eigenvalue weighted by Gasteiger charge is 2.77. The van der Waals surface area contributed by atoms with Crippen LogP contribution < -0.4 is 0 Å². The van der Waals surface area contributed by atoms with E-state index in [1.165, 1.54) is 44.9 Å². The molecule has 1 spiro atoms. The minimum Gasteiger partial charge on any atom is -0.393 e. The second kappa shape index (κ2) is 6.60. The molecule has 5 aliphatic rings. The van der Waals surface area contributed by atoms with Crippen molar-refractivity contribution in [1.29, 1.82) is 0 Å². The first-order valence-corrected chi connectivity index (χ1v) is 13.0. The molecule has 0 aromatic carbocycles. The quantitative estimate of drug-likeness (QED) is 0.501. The maximum Gasteiger partial charge on any atom is 0.0607 e. The summed E-state index contributed by atoms with van der Waals surface area (Å²) in [5.41, 5.74) is 1.27. The van der Waals surface area contributed by atoms with E-state index in [2.05, 4.69) is 53.7 Å². The van der Waals surface area contributed by atoms with Gasteiger partial charge in [0, 0.05) is 5.41 Å². The van der Waals surface area contributed by atoms with Crippen LogP contribution in [0.2, 0.25) is 0 Å². The highest BCUT2D eigenvalue weighted by molar-refractivity contribution is 5.25. The van der Waals surface area contributed by atoms with Crippen LogP contribution in [0, 0.1) is 63.6 Å². The average molecular weight is 399 g/mol. The van der Waals surface area contributed by atoms with Gasteiger partial charge in [0.1, 0.15) is 0 Å². The lowest BCUT2D eigenvalue weighted by atomic mass is 9.45. The highest BCUT2D eigenvalue weighted by atomic mass is 16.3. The number of rotatable bonds is 4. The number of aliphatic hydroxyl groups excluding tert-OH is 1. The third-order valence-electron chi connectivity index (χ3n) is 12.1. The monoisotopic (exact) mass is 398 g/mol. The van der Waals surface area contributed by atoms with Crippen LogP contribution in [0.3, 0.4) is 0 Å². The predicted octanol–water partition coefficient (Wildman–Crippen LogP) is 7.10. The Labute approximate surface area is 180 Å². The van der Waals surface area contributed by atoms with Crippen molar-refractivity contribution in [2.45, 2.75) is 99.0 Å². The molecular formula is C28H46O. The Bertz CT molecular complexity index is 680. The van der Waals surface area contributed by atoms with Crippen LogP contribution in [0.15, 0.2) is 12.2 Å². The molecule has 0 saturated heterocycles. The van der Waals surface area contributed by atoms with Crippen LogP contribution in [0.5, 0.6) is 0 Å². The van der Waals surface area contributed by atoms with Gasteiger partial charge < -0.3 is 5.11 Å². The van der Waals surface area contributed by atoms with Gasteiger partial charge in [-0.15, -0.1) is 0 Å². The summed E-state index contributed by atoms with van der Waals surface area (Å²) in [6.07, 6.45) is 16.0. The lowest BCUT2D eigenvalue weighted by Crippen LogP contribution is -2.56. The van der Waals surface area contributed by atoms with E-state index in [4.69, 9.17) is 0 Å². The van der Waals surface area contributed by atoms with Gasteiger partial charge in [-0.25, -0.2) is 0 Å². The van der Waals surface area contributed by atoms with Crippen LogP contribution in [0.4, 0.5) is 0 Å². The largest absolute Gasteiger partial charge is 0.393 e. The Balaban J connectivity index is 1.37. The fourth-order valence-electron chi connectivity index (χ4n) is 9.92. The first kappa shape index (κ1) is 20.6. The number of hydrogen-bond acceptors (Lipinski definition) is 1. The molecule has 0 bridgehead atoms. The predicted molar refractivity (Wildman–Crippen MR) is 121 cm³/mol. The Hall–Kier alpha value is -0.300. The zero-order valence-electron chi connectivity index (χ0n) is 20.0. The molecular weight excluding hydrogens is 352 g/mol. The van der Waals surface area contributed by atoms with Gasteiger partial charge >= 0.3 is 0 Å². The summed E-state index contributed by atoms with van der Waals surface area (Å²) in [5, 5.41) is 11.3. The van der Waals surface area contributed by atoms with E-state index >= 15 is 0 Å².